The molecular formula is C21H27N7O2S. The molecule has 3 aromatic rings. The van der Waals surface area contributed by atoms with E-state index in [4.69, 9.17) is 21.7 Å². The number of rotatable bonds is 11. The average molecular weight is 442 g/mol. The van der Waals surface area contributed by atoms with Crippen molar-refractivity contribution < 1.29 is 9.47 Å². The van der Waals surface area contributed by atoms with Crippen molar-refractivity contribution in [3.63, 3.8) is 0 Å². The van der Waals surface area contributed by atoms with Gasteiger partial charge < -0.3 is 30.0 Å². The number of nitrogens with one attached hydrogen (secondary N) is 3. The van der Waals surface area contributed by atoms with Crippen molar-refractivity contribution >= 4 is 29.0 Å². The van der Waals surface area contributed by atoms with Gasteiger partial charge >= 0.3 is 0 Å². The van der Waals surface area contributed by atoms with Gasteiger partial charge in [0.25, 0.3) is 0 Å². The van der Waals surface area contributed by atoms with Crippen LogP contribution >= 0.6 is 12.2 Å². The van der Waals surface area contributed by atoms with Gasteiger partial charge in [0, 0.05) is 49.1 Å². The topological polar surface area (TPSA) is 98.2 Å². The van der Waals surface area contributed by atoms with E-state index in [9.17, 15) is 0 Å². The molecule has 0 spiro atoms. The fourth-order valence-corrected chi connectivity index (χ4v) is 3.05. The van der Waals surface area contributed by atoms with E-state index in [2.05, 4.69) is 35.5 Å². The highest BCUT2D eigenvalue weighted by Gasteiger charge is 2.07. The lowest BCUT2D eigenvalue weighted by Gasteiger charge is -2.15. The Bertz CT molecular complexity index is 965. The zero-order valence-corrected chi connectivity index (χ0v) is 18.5. The van der Waals surface area contributed by atoms with E-state index >= 15 is 0 Å². The summed E-state index contributed by atoms with van der Waals surface area (Å²) in [6, 6.07) is 7.37. The van der Waals surface area contributed by atoms with Crippen molar-refractivity contribution in [2.45, 2.75) is 19.9 Å². The SMILES string of the molecule is COc1cc(NC(=S)NCCCn2cncc2C)ccc1OCCNc1ncccn1. The number of aryl methyl sites for hydroxylation is 2. The number of imidazole rings is 1. The first-order valence-electron chi connectivity index (χ1n) is 9.99. The molecule has 10 heteroatoms. The van der Waals surface area contributed by atoms with Crippen LogP contribution in [0.4, 0.5) is 11.6 Å². The largest absolute Gasteiger partial charge is 0.493 e. The number of aromatic nitrogens is 4. The van der Waals surface area contributed by atoms with Crippen molar-refractivity contribution in [1.29, 1.82) is 0 Å². The minimum absolute atomic E-state index is 0.442. The number of anilines is 2. The average Bonchev–Trinajstić information content (AvgIpc) is 3.20. The number of nitrogens with zero attached hydrogens (tertiary/aromatic N) is 4. The zero-order valence-electron chi connectivity index (χ0n) is 17.7. The second kappa shape index (κ2) is 11.7. The van der Waals surface area contributed by atoms with E-state index in [0.29, 0.717) is 35.7 Å². The summed E-state index contributed by atoms with van der Waals surface area (Å²) in [5.74, 6) is 1.84. The Balaban J connectivity index is 1.40. The number of thiocarbonyl (C=S) groups is 1. The molecule has 0 fully saturated rings. The maximum atomic E-state index is 5.81. The minimum Gasteiger partial charge on any atom is -0.493 e. The zero-order chi connectivity index (χ0) is 21.9. The highest BCUT2D eigenvalue weighted by atomic mass is 32.1. The van der Waals surface area contributed by atoms with Gasteiger partial charge in [-0.1, -0.05) is 0 Å². The third-order valence-electron chi connectivity index (χ3n) is 4.41. The number of hydrogen-bond donors (Lipinski definition) is 3. The fraction of sp³-hybridized carbons (Fsp3) is 0.333. The third kappa shape index (κ3) is 7.10. The Labute approximate surface area is 187 Å². The fourth-order valence-electron chi connectivity index (χ4n) is 2.83. The lowest BCUT2D eigenvalue weighted by Crippen LogP contribution is -2.29. The molecule has 2 heterocycles. The van der Waals surface area contributed by atoms with Crippen LogP contribution in [0.2, 0.25) is 0 Å². The monoisotopic (exact) mass is 441 g/mol. The van der Waals surface area contributed by atoms with Crippen LogP contribution in [-0.4, -0.2) is 51.4 Å². The second-order valence-corrected chi connectivity index (χ2v) is 7.08. The molecule has 0 aliphatic heterocycles. The molecule has 0 aliphatic rings. The summed E-state index contributed by atoms with van der Waals surface area (Å²) in [6.07, 6.45) is 8.01. The van der Waals surface area contributed by atoms with Crippen LogP contribution < -0.4 is 25.4 Å². The van der Waals surface area contributed by atoms with Gasteiger partial charge in [0.15, 0.2) is 16.6 Å². The van der Waals surface area contributed by atoms with E-state index in [-0.39, 0.29) is 0 Å². The molecule has 1 aromatic carbocycles. The second-order valence-electron chi connectivity index (χ2n) is 6.68. The van der Waals surface area contributed by atoms with Gasteiger partial charge in [-0.2, -0.15) is 0 Å². The van der Waals surface area contributed by atoms with Crippen molar-refractivity contribution in [2.24, 2.45) is 0 Å². The molecule has 0 saturated carbocycles. The molecular weight excluding hydrogens is 414 g/mol. The predicted molar refractivity (Wildman–Crippen MR) is 125 cm³/mol. The lowest BCUT2D eigenvalue weighted by atomic mass is 10.2. The van der Waals surface area contributed by atoms with Crippen molar-refractivity contribution in [3.8, 4) is 11.5 Å². The number of hydrogen-bond acceptors (Lipinski definition) is 7. The highest BCUT2D eigenvalue weighted by molar-refractivity contribution is 7.80. The number of methoxy groups -OCH3 is 1. The van der Waals surface area contributed by atoms with Gasteiger partial charge in [-0.25, -0.2) is 15.0 Å². The maximum Gasteiger partial charge on any atom is 0.222 e. The van der Waals surface area contributed by atoms with Gasteiger partial charge in [0.2, 0.25) is 5.95 Å². The molecule has 3 rings (SSSR count). The number of ether oxygens (including phenoxy) is 2. The van der Waals surface area contributed by atoms with E-state index < -0.39 is 0 Å². The van der Waals surface area contributed by atoms with Crippen molar-refractivity contribution in [1.82, 2.24) is 24.8 Å². The molecule has 0 amide bonds. The van der Waals surface area contributed by atoms with Crippen LogP contribution in [-0.2, 0) is 6.54 Å². The Kier molecular flexibility index (Phi) is 8.41. The molecule has 164 valence electrons. The molecule has 2 aromatic heterocycles. The van der Waals surface area contributed by atoms with E-state index in [1.807, 2.05) is 37.6 Å². The van der Waals surface area contributed by atoms with Crippen molar-refractivity contribution in [3.05, 3.63) is 54.9 Å². The normalized spacial score (nSPS) is 10.4. The van der Waals surface area contributed by atoms with Crippen LogP contribution in [0.1, 0.15) is 12.1 Å². The van der Waals surface area contributed by atoms with Gasteiger partial charge in [-0.15, -0.1) is 0 Å². The standard InChI is InChI=1S/C21H27N7O2S/c1-16-14-22-15-28(16)11-4-9-26-21(31)27-17-5-6-18(19(13-17)29-2)30-12-10-25-20-23-7-3-8-24-20/h3,5-8,13-15H,4,9-12H2,1-2H3,(H,23,24,25)(H2,26,27,31). The molecule has 9 nitrogen and oxygen atoms in total. The molecule has 0 aliphatic carbocycles. The van der Waals surface area contributed by atoms with E-state index in [1.165, 1.54) is 0 Å². The summed E-state index contributed by atoms with van der Waals surface area (Å²) < 4.78 is 13.4. The summed E-state index contributed by atoms with van der Waals surface area (Å²) in [5, 5.41) is 10.0. The van der Waals surface area contributed by atoms with Gasteiger partial charge in [-0.05, 0) is 43.8 Å². The highest BCUT2D eigenvalue weighted by Crippen LogP contribution is 2.30. The quantitative estimate of drug-likeness (QED) is 0.306. The smallest absolute Gasteiger partial charge is 0.222 e. The predicted octanol–water partition coefficient (Wildman–Crippen LogP) is 2.86. The van der Waals surface area contributed by atoms with Crippen LogP contribution in [0.5, 0.6) is 11.5 Å². The van der Waals surface area contributed by atoms with Crippen LogP contribution in [0, 0.1) is 6.92 Å². The third-order valence-corrected chi connectivity index (χ3v) is 4.66. The molecule has 31 heavy (non-hydrogen) atoms. The summed E-state index contributed by atoms with van der Waals surface area (Å²) in [4.78, 5) is 12.3. The van der Waals surface area contributed by atoms with Crippen molar-refractivity contribution in [2.75, 3.05) is 37.4 Å². The van der Waals surface area contributed by atoms with E-state index in [0.717, 1.165) is 30.9 Å². The molecule has 0 atom stereocenters. The van der Waals surface area contributed by atoms with Gasteiger partial charge in [0.05, 0.1) is 20.0 Å². The summed E-state index contributed by atoms with van der Waals surface area (Å²) >= 11 is 5.39. The maximum absolute atomic E-state index is 5.81. The minimum atomic E-state index is 0.442. The first-order chi connectivity index (χ1) is 15.2. The first-order valence-corrected chi connectivity index (χ1v) is 10.4. The molecule has 0 unspecified atom stereocenters. The Morgan fingerprint density at radius 1 is 1.16 bits per heavy atom. The Hall–Kier alpha value is -3.40. The van der Waals surface area contributed by atoms with Crippen LogP contribution in [0.25, 0.3) is 0 Å². The molecule has 0 saturated heterocycles. The molecule has 0 radical (unpaired) electrons. The lowest BCUT2D eigenvalue weighted by molar-refractivity contribution is 0.306. The molecule has 0 bridgehead atoms. The van der Waals surface area contributed by atoms with Crippen LogP contribution in [0.3, 0.4) is 0 Å². The summed E-state index contributed by atoms with van der Waals surface area (Å²) in [6.45, 7) is 4.71. The van der Waals surface area contributed by atoms with Gasteiger partial charge in [0.1, 0.15) is 6.61 Å². The Morgan fingerprint density at radius 3 is 2.74 bits per heavy atom. The summed E-state index contributed by atoms with van der Waals surface area (Å²) in [7, 11) is 1.61. The first kappa shape index (κ1) is 22.3. The van der Waals surface area contributed by atoms with Gasteiger partial charge in [-0.3, -0.25) is 0 Å². The molecule has 3 N–H and O–H groups in total. The number of benzene rings is 1. The summed E-state index contributed by atoms with van der Waals surface area (Å²) in [5.41, 5.74) is 1.97. The van der Waals surface area contributed by atoms with Crippen LogP contribution in [0.15, 0.2) is 49.2 Å². The van der Waals surface area contributed by atoms with E-state index in [1.54, 1.807) is 25.6 Å². The Morgan fingerprint density at radius 2 is 2.00 bits per heavy atom.